The molecular formula is C16H10ClN3O. The summed E-state index contributed by atoms with van der Waals surface area (Å²) in [4.78, 5) is 22.8. The Hall–Kier alpha value is -2.59. The number of nitrogens with zero attached hydrogens (tertiary/aromatic N) is 1. The molecule has 0 saturated heterocycles. The van der Waals surface area contributed by atoms with Crippen molar-refractivity contribution in [3.63, 3.8) is 0 Å². The summed E-state index contributed by atoms with van der Waals surface area (Å²) in [6.07, 6.45) is 1.79. The Bertz CT molecular complexity index is 1030. The van der Waals surface area contributed by atoms with Gasteiger partial charge in [0.05, 0.1) is 11.0 Å². The van der Waals surface area contributed by atoms with Crippen LogP contribution in [-0.2, 0) is 0 Å². The lowest BCUT2D eigenvalue weighted by atomic mass is 10.1. The number of aromatic amines is 2. The molecule has 0 fully saturated rings. The van der Waals surface area contributed by atoms with Crippen molar-refractivity contribution in [1.82, 2.24) is 15.0 Å². The van der Waals surface area contributed by atoms with Crippen LogP contribution in [0, 0.1) is 0 Å². The van der Waals surface area contributed by atoms with Crippen LogP contribution in [0.5, 0.6) is 0 Å². The predicted octanol–water partition coefficient (Wildman–Crippen LogP) is 3.72. The molecule has 5 heteroatoms. The van der Waals surface area contributed by atoms with E-state index in [0.29, 0.717) is 10.7 Å². The molecule has 0 atom stereocenters. The molecule has 0 radical (unpaired) electrons. The van der Waals surface area contributed by atoms with E-state index >= 15 is 0 Å². The van der Waals surface area contributed by atoms with Gasteiger partial charge in [-0.15, -0.1) is 0 Å². The molecule has 0 aliphatic heterocycles. The van der Waals surface area contributed by atoms with E-state index in [1.165, 1.54) is 0 Å². The van der Waals surface area contributed by atoms with Crippen molar-refractivity contribution in [2.75, 3.05) is 0 Å². The first-order chi connectivity index (χ1) is 10.2. The third-order valence-electron chi connectivity index (χ3n) is 3.50. The minimum absolute atomic E-state index is 0.213. The van der Waals surface area contributed by atoms with Gasteiger partial charge in [0.15, 0.2) is 0 Å². The van der Waals surface area contributed by atoms with Crippen molar-refractivity contribution in [3.05, 3.63) is 64.0 Å². The first-order valence-corrected chi connectivity index (χ1v) is 6.86. The van der Waals surface area contributed by atoms with Crippen molar-refractivity contribution >= 4 is 33.5 Å². The molecule has 0 aliphatic rings. The molecule has 2 aromatic carbocycles. The van der Waals surface area contributed by atoms with Gasteiger partial charge in [0, 0.05) is 27.7 Å². The highest BCUT2D eigenvalue weighted by Gasteiger charge is 2.12. The summed E-state index contributed by atoms with van der Waals surface area (Å²) in [6, 6.07) is 13.0. The minimum Gasteiger partial charge on any atom is -0.360 e. The second-order valence-electron chi connectivity index (χ2n) is 4.82. The van der Waals surface area contributed by atoms with Gasteiger partial charge >= 0.3 is 0 Å². The van der Waals surface area contributed by atoms with Crippen molar-refractivity contribution in [3.8, 4) is 11.3 Å². The number of aromatic nitrogens is 3. The van der Waals surface area contributed by atoms with Gasteiger partial charge in [0.2, 0.25) is 0 Å². The summed E-state index contributed by atoms with van der Waals surface area (Å²) < 4.78 is 0. The quantitative estimate of drug-likeness (QED) is 0.562. The van der Waals surface area contributed by atoms with E-state index in [2.05, 4.69) is 15.0 Å². The van der Waals surface area contributed by atoms with Crippen LogP contribution >= 0.6 is 11.6 Å². The normalized spacial score (nSPS) is 11.3. The molecule has 0 unspecified atom stereocenters. The first-order valence-electron chi connectivity index (χ1n) is 6.48. The largest absolute Gasteiger partial charge is 0.360 e. The number of para-hydroxylation sites is 2. The summed E-state index contributed by atoms with van der Waals surface area (Å²) in [5, 5.41) is 1.51. The molecule has 2 aromatic heterocycles. The predicted molar refractivity (Wildman–Crippen MR) is 84.7 cm³/mol. The van der Waals surface area contributed by atoms with Crippen LogP contribution in [0.15, 0.2) is 53.5 Å². The molecule has 0 bridgehead atoms. The molecule has 0 saturated carbocycles. The summed E-state index contributed by atoms with van der Waals surface area (Å²) in [6.45, 7) is 0. The lowest BCUT2D eigenvalue weighted by Crippen LogP contribution is -2.11. The van der Waals surface area contributed by atoms with Crippen LogP contribution in [0.2, 0.25) is 5.02 Å². The highest BCUT2D eigenvalue weighted by atomic mass is 35.5. The lowest BCUT2D eigenvalue weighted by molar-refractivity contribution is 1.22. The van der Waals surface area contributed by atoms with Crippen molar-refractivity contribution < 1.29 is 0 Å². The smallest absolute Gasteiger partial charge is 0.275 e. The SMILES string of the molecule is O=c1[nH]c2ccccc2nc1-c1c[nH]c2ccc(Cl)cc12. The van der Waals surface area contributed by atoms with Gasteiger partial charge in [-0.3, -0.25) is 4.79 Å². The number of rotatable bonds is 1. The van der Waals surface area contributed by atoms with Gasteiger partial charge in [-0.25, -0.2) is 4.98 Å². The second kappa shape index (κ2) is 4.46. The number of hydrogen-bond acceptors (Lipinski definition) is 2. The molecule has 4 aromatic rings. The second-order valence-corrected chi connectivity index (χ2v) is 5.26. The maximum absolute atomic E-state index is 12.3. The zero-order valence-corrected chi connectivity index (χ0v) is 11.6. The minimum atomic E-state index is -0.213. The third-order valence-corrected chi connectivity index (χ3v) is 3.73. The van der Waals surface area contributed by atoms with E-state index in [9.17, 15) is 4.79 Å². The molecule has 21 heavy (non-hydrogen) atoms. The molecule has 102 valence electrons. The van der Waals surface area contributed by atoms with E-state index < -0.39 is 0 Å². The Kier molecular flexibility index (Phi) is 2.59. The highest BCUT2D eigenvalue weighted by Crippen LogP contribution is 2.28. The summed E-state index contributed by atoms with van der Waals surface area (Å²) in [5.41, 5.74) is 3.33. The maximum Gasteiger partial charge on any atom is 0.275 e. The zero-order chi connectivity index (χ0) is 14.4. The van der Waals surface area contributed by atoms with Gasteiger partial charge < -0.3 is 9.97 Å². The molecule has 2 N–H and O–H groups in total. The van der Waals surface area contributed by atoms with E-state index in [1.807, 2.05) is 42.5 Å². The van der Waals surface area contributed by atoms with Gasteiger partial charge in [0.25, 0.3) is 5.56 Å². The Balaban J connectivity index is 2.06. The Labute approximate surface area is 124 Å². The molecule has 0 spiro atoms. The lowest BCUT2D eigenvalue weighted by Gasteiger charge is -2.01. The number of halogens is 1. The number of nitrogens with one attached hydrogen (secondary N) is 2. The molecular weight excluding hydrogens is 286 g/mol. The van der Waals surface area contributed by atoms with Gasteiger partial charge in [-0.1, -0.05) is 23.7 Å². The third kappa shape index (κ3) is 1.92. The fourth-order valence-electron chi connectivity index (χ4n) is 2.50. The molecule has 0 aliphatic carbocycles. The zero-order valence-electron chi connectivity index (χ0n) is 10.9. The van der Waals surface area contributed by atoms with Crippen molar-refractivity contribution in [1.29, 1.82) is 0 Å². The fourth-order valence-corrected chi connectivity index (χ4v) is 2.67. The maximum atomic E-state index is 12.3. The van der Waals surface area contributed by atoms with Crippen LogP contribution in [-0.4, -0.2) is 15.0 Å². The Morgan fingerprint density at radius 1 is 1.05 bits per heavy atom. The standard InChI is InChI=1S/C16H10ClN3O/c17-9-5-6-12-10(7-9)11(8-18-12)15-16(21)20-14-4-2-1-3-13(14)19-15/h1-8,18H,(H,20,21). The molecule has 0 amide bonds. The summed E-state index contributed by atoms with van der Waals surface area (Å²) in [5.74, 6) is 0. The van der Waals surface area contributed by atoms with E-state index in [4.69, 9.17) is 11.6 Å². The van der Waals surface area contributed by atoms with Crippen LogP contribution in [0.4, 0.5) is 0 Å². The fraction of sp³-hybridized carbons (Fsp3) is 0. The van der Waals surface area contributed by atoms with Gasteiger partial charge in [-0.05, 0) is 30.3 Å². The van der Waals surface area contributed by atoms with Gasteiger partial charge in [0.1, 0.15) is 5.69 Å². The molecule has 4 rings (SSSR count). The molecule has 4 nitrogen and oxygen atoms in total. The average Bonchev–Trinajstić information content (AvgIpc) is 2.89. The first kappa shape index (κ1) is 12.2. The monoisotopic (exact) mass is 295 g/mol. The van der Waals surface area contributed by atoms with Gasteiger partial charge in [-0.2, -0.15) is 0 Å². The Morgan fingerprint density at radius 2 is 1.90 bits per heavy atom. The van der Waals surface area contributed by atoms with E-state index in [1.54, 1.807) is 6.20 Å². The number of H-pyrrole nitrogens is 2. The number of fused-ring (bicyclic) bond motifs is 2. The Morgan fingerprint density at radius 3 is 2.81 bits per heavy atom. The molecule has 2 heterocycles. The number of benzene rings is 2. The van der Waals surface area contributed by atoms with Crippen LogP contribution in [0.1, 0.15) is 0 Å². The van der Waals surface area contributed by atoms with Crippen LogP contribution < -0.4 is 5.56 Å². The van der Waals surface area contributed by atoms with Crippen LogP contribution in [0.3, 0.4) is 0 Å². The van der Waals surface area contributed by atoms with E-state index in [0.717, 1.165) is 27.5 Å². The number of hydrogen-bond donors (Lipinski definition) is 2. The average molecular weight is 296 g/mol. The summed E-state index contributed by atoms with van der Waals surface area (Å²) >= 11 is 6.05. The highest BCUT2D eigenvalue weighted by molar-refractivity contribution is 6.31. The summed E-state index contributed by atoms with van der Waals surface area (Å²) in [7, 11) is 0. The van der Waals surface area contributed by atoms with Crippen LogP contribution in [0.25, 0.3) is 33.2 Å². The van der Waals surface area contributed by atoms with Crippen molar-refractivity contribution in [2.24, 2.45) is 0 Å². The van der Waals surface area contributed by atoms with E-state index in [-0.39, 0.29) is 5.56 Å². The topological polar surface area (TPSA) is 61.5 Å². The van der Waals surface area contributed by atoms with Crippen molar-refractivity contribution in [2.45, 2.75) is 0 Å².